The van der Waals surface area contributed by atoms with E-state index in [-0.39, 0.29) is 29.6 Å². The van der Waals surface area contributed by atoms with E-state index in [1.165, 1.54) is 34.1 Å². The molecule has 34 heavy (non-hydrogen) atoms. The number of anilines is 2. The normalized spacial score (nSPS) is 20.2. The van der Waals surface area contributed by atoms with Gasteiger partial charge in [0, 0.05) is 11.4 Å². The third kappa shape index (κ3) is 4.06. The third-order valence-corrected chi connectivity index (χ3v) is 6.20. The molecule has 0 bridgehead atoms. The number of benzene rings is 2. The van der Waals surface area contributed by atoms with Crippen LogP contribution in [0, 0.1) is 17.1 Å². The van der Waals surface area contributed by atoms with Gasteiger partial charge in [-0.05, 0) is 56.2 Å². The van der Waals surface area contributed by atoms with E-state index in [1.54, 1.807) is 6.92 Å². The second-order valence-corrected chi connectivity index (χ2v) is 8.17. The van der Waals surface area contributed by atoms with Gasteiger partial charge < -0.3 is 4.74 Å². The van der Waals surface area contributed by atoms with Gasteiger partial charge in [0.05, 0.1) is 41.5 Å². The summed E-state index contributed by atoms with van der Waals surface area (Å²) in [6, 6.07) is 7.10. The van der Waals surface area contributed by atoms with Gasteiger partial charge >= 0.3 is 18.2 Å². The molecule has 178 valence electrons. The molecule has 1 aliphatic carbocycles. The maximum atomic E-state index is 14.7. The summed E-state index contributed by atoms with van der Waals surface area (Å²) in [5.41, 5.74) is -1.68. The largest absolute Gasteiger partial charge is 0.462 e. The van der Waals surface area contributed by atoms with E-state index in [1.807, 2.05) is 0 Å². The van der Waals surface area contributed by atoms with Crippen molar-refractivity contribution in [3.05, 3.63) is 58.9 Å². The monoisotopic (exact) mass is 475 g/mol. The Hall–Kier alpha value is -3.61. The number of fused-ring (bicyclic) bond motifs is 1. The average Bonchev–Trinajstić information content (AvgIpc) is 3.09. The number of esters is 1. The van der Waals surface area contributed by atoms with Crippen LogP contribution >= 0.6 is 0 Å². The Kier molecular flexibility index (Phi) is 6.21. The summed E-state index contributed by atoms with van der Waals surface area (Å²) < 4.78 is 60.1. The Morgan fingerprint density at radius 2 is 1.68 bits per heavy atom. The van der Waals surface area contributed by atoms with Gasteiger partial charge in [0.15, 0.2) is 0 Å². The van der Waals surface area contributed by atoms with Gasteiger partial charge in [0.1, 0.15) is 5.82 Å². The van der Waals surface area contributed by atoms with Crippen LogP contribution in [0.2, 0.25) is 0 Å². The summed E-state index contributed by atoms with van der Waals surface area (Å²) in [4.78, 5) is 28.1. The number of nitrogens with zero attached hydrogens (tertiary/aromatic N) is 3. The number of carbonyl (C=O) groups excluding carboxylic acids is 2. The van der Waals surface area contributed by atoms with Crippen molar-refractivity contribution in [2.75, 3.05) is 16.4 Å². The molecule has 2 amide bonds. The van der Waals surface area contributed by atoms with E-state index in [9.17, 15) is 27.2 Å². The maximum absolute atomic E-state index is 14.7. The smallest absolute Gasteiger partial charge is 0.417 e. The van der Waals surface area contributed by atoms with Gasteiger partial charge in [0.2, 0.25) is 0 Å². The number of amides is 2. The lowest BCUT2D eigenvalue weighted by molar-refractivity contribution is -0.137. The summed E-state index contributed by atoms with van der Waals surface area (Å²) in [7, 11) is 0. The minimum Gasteiger partial charge on any atom is -0.462 e. The van der Waals surface area contributed by atoms with Crippen LogP contribution in [-0.2, 0) is 10.9 Å². The molecular weight excluding hydrogens is 454 g/mol. The van der Waals surface area contributed by atoms with Crippen molar-refractivity contribution in [3.8, 4) is 6.07 Å². The Balaban J connectivity index is 1.75. The lowest BCUT2D eigenvalue weighted by Crippen LogP contribution is -2.40. The Bertz CT molecular complexity index is 1180. The van der Waals surface area contributed by atoms with Gasteiger partial charge in [-0.15, -0.1) is 0 Å². The second-order valence-electron chi connectivity index (χ2n) is 8.17. The molecule has 2 aromatic carbocycles. The first kappa shape index (κ1) is 23.5. The van der Waals surface area contributed by atoms with Gasteiger partial charge in [-0.1, -0.05) is 12.8 Å². The summed E-state index contributed by atoms with van der Waals surface area (Å²) in [6.45, 7) is 1.67. The number of ether oxygens (including phenoxy) is 1. The van der Waals surface area contributed by atoms with Gasteiger partial charge in [0.25, 0.3) is 0 Å². The highest BCUT2D eigenvalue weighted by Crippen LogP contribution is 2.42. The molecule has 0 radical (unpaired) electrons. The fourth-order valence-electron chi connectivity index (χ4n) is 4.74. The molecule has 0 N–H and O–H groups in total. The van der Waals surface area contributed by atoms with Crippen LogP contribution in [0.3, 0.4) is 0 Å². The Morgan fingerprint density at radius 1 is 1.09 bits per heavy atom. The van der Waals surface area contributed by atoms with Crippen LogP contribution < -0.4 is 9.80 Å². The highest BCUT2D eigenvalue weighted by atomic mass is 19.4. The van der Waals surface area contributed by atoms with Crippen LogP contribution in [0.25, 0.3) is 0 Å². The van der Waals surface area contributed by atoms with E-state index in [4.69, 9.17) is 10.00 Å². The highest BCUT2D eigenvalue weighted by Gasteiger charge is 2.48. The van der Waals surface area contributed by atoms with E-state index < -0.39 is 41.2 Å². The first-order valence-corrected chi connectivity index (χ1v) is 10.9. The molecule has 1 aliphatic heterocycles. The standard InChI is InChI=1S/C24H21F4N3O3/c1-2-34-22(32)17-10-9-16(12-19(17)25)31-21-6-4-3-5-20(21)30(23(31)33)15-8-7-14(13-29)18(11-15)24(26,27)28/h7-12,20-21H,2-6H2,1H3/t20-,21-/m0/s1. The number of halogens is 4. The van der Waals surface area contributed by atoms with Crippen molar-refractivity contribution in [1.29, 1.82) is 5.26 Å². The zero-order valence-electron chi connectivity index (χ0n) is 18.2. The number of alkyl halides is 3. The molecule has 2 aromatic rings. The van der Waals surface area contributed by atoms with Crippen molar-refractivity contribution in [1.82, 2.24) is 0 Å². The van der Waals surface area contributed by atoms with Crippen LogP contribution in [0.5, 0.6) is 0 Å². The fourth-order valence-corrected chi connectivity index (χ4v) is 4.74. The molecule has 1 heterocycles. The summed E-state index contributed by atoms with van der Waals surface area (Å²) in [5, 5.41) is 9.08. The molecule has 0 spiro atoms. The predicted molar refractivity (Wildman–Crippen MR) is 115 cm³/mol. The van der Waals surface area contributed by atoms with Crippen LogP contribution in [-0.4, -0.2) is 30.7 Å². The number of rotatable bonds is 4. The van der Waals surface area contributed by atoms with Crippen LogP contribution in [0.15, 0.2) is 36.4 Å². The van der Waals surface area contributed by atoms with Gasteiger partial charge in [-0.2, -0.15) is 18.4 Å². The number of urea groups is 1. The average molecular weight is 475 g/mol. The minimum absolute atomic E-state index is 0.0272. The van der Waals surface area contributed by atoms with Crippen molar-refractivity contribution in [2.45, 2.75) is 50.9 Å². The first-order valence-electron chi connectivity index (χ1n) is 10.9. The number of hydrogen-bond donors (Lipinski definition) is 0. The van der Waals surface area contributed by atoms with Crippen molar-refractivity contribution in [3.63, 3.8) is 0 Å². The van der Waals surface area contributed by atoms with Crippen molar-refractivity contribution in [2.24, 2.45) is 0 Å². The molecule has 2 atom stereocenters. The van der Waals surface area contributed by atoms with Crippen molar-refractivity contribution < 1.29 is 31.9 Å². The van der Waals surface area contributed by atoms with Crippen molar-refractivity contribution >= 4 is 23.4 Å². The molecule has 2 aliphatic rings. The van der Waals surface area contributed by atoms with Gasteiger partial charge in [-0.25, -0.2) is 14.0 Å². The zero-order chi connectivity index (χ0) is 24.6. The molecule has 1 saturated heterocycles. The quantitative estimate of drug-likeness (QED) is 0.423. The van der Waals surface area contributed by atoms with Crippen LogP contribution in [0.1, 0.15) is 54.1 Å². The minimum atomic E-state index is -4.76. The van der Waals surface area contributed by atoms with E-state index in [0.29, 0.717) is 12.8 Å². The highest BCUT2D eigenvalue weighted by molar-refractivity contribution is 6.08. The molecule has 2 fully saturated rings. The number of nitriles is 1. The summed E-state index contributed by atoms with van der Waals surface area (Å²) >= 11 is 0. The molecule has 4 rings (SSSR count). The van der Waals surface area contributed by atoms with Crippen LogP contribution in [0.4, 0.5) is 33.7 Å². The fraction of sp³-hybridized carbons (Fsp3) is 0.375. The lowest BCUT2D eigenvalue weighted by atomic mass is 9.89. The van der Waals surface area contributed by atoms with E-state index in [0.717, 1.165) is 31.0 Å². The first-order chi connectivity index (χ1) is 16.2. The molecule has 0 unspecified atom stereocenters. The molecule has 6 nitrogen and oxygen atoms in total. The molecule has 0 aromatic heterocycles. The van der Waals surface area contributed by atoms with Gasteiger partial charge in [-0.3, -0.25) is 9.80 Å². The Morgan fingerprint density at radius 3 is 2.21 bits per heavy atom. The zero-order valence-corrected chi connectivity index (χ0v) is 18.2. The SMILES string of the molecule is CCOC(=O)c1ccc(N2C(=O)N(c3ccc(C#N)c(C(F)(F)F)c3)[C@H]3CCCC[C@@H]32)cc1F. The Labute approximate surface area is 193 Å². The molecule has 1 saturated carbocycles. The molecular formula is C24H21F4N3O3. The lowest BCUT2D eigenvalue weighted by Gasteiger charge is -2.32. The van der Waals surface area contributed by atoms with E-state index >= 15 is 0 Å². The number of hydrogen-bond acceptors (Lipinski definition) is 4. The third-order valence-electron chi connectivity index (χ3n) is 6.20. The number of carbonyl (C=O) groups is 2. The summed E-state index contributed by atoms with van der Waals surface area (Å²) in [6.07, 6.45) is -2.00. The predicted octanol–water partition coefficient (Wildman–Crippen LogP) is 5.65. The second kappa shape index (κ2) is 8.97. The summed E-state index contributed by atoms with van der Waals surface area (Å²) in [5.74, 6) is -1.68. The van der Waals surface area contributed by atoms with E-state index in [2.05, 4.69) is 0 Å². The maximum Gasteiger partial charge on any atom is 0.417 e. The topological polar surface area (TPSA) is 73.6 Å². The molecule has 10 heteroatoms.